The minimum atomic E-state index is -1.02. The number of aliphatic hydroxyl groups is 1. The number of aliphatic hydroxyl groups excluding tert-OH is 1. The van der Waals surface area contributed by atoms with Gasteiger partial charge in [-0.15, -0.1) is 0 Å². The van der Waals surface area contributed by atoms with Crippen molar-refractivity contribution in [1.29, 1.82) is 0 Å². The highest BCUT2D eigenvalue weighted by atomic mass is 16.4. The minimum Gasteiger partial charge on any atom is -0.478 e. The zero-order valence-corrected chi connectivity index (χ0v) is 10.1. The molecular formula is C13H15NO4. The quantitative estimate of drug-likeness (QED) is 0.839. The van der Waals surface area contributed by atoms with Gasteiger partial charge in [0, 0.05) is 5.69 Å². The number of rotatable bonds is 3. The van der Waals surface area contributed by atoms with Crippen LogP contribution in [-0.4, -0.2) is 34.7 Å². The lowest BCUT2D eigenvalue weighted by Crippen LogP contribution is -2.26. The lowest BCUT2D eigenvalue weighted by atomic mass is 10.1. The van der Waals surface area contributed by atoms with Gasteiger partial charge in [-0.2, -0.15) is 0 Å². The van der Waals surface area contributed by atoms with E-state index in [1.807, 2.05) is 6.92 Å². The SMILES string of the molecule is CCc1ccc(C(=O)O)cc1N1CC(O)CC1=O. The second-order valence-corrected chi connectivity index (χ2v) is 4.36. The second kappa shape index (κ2) is 4.78. The first kappa shape index (κ1) is 12.6. The van der Waals surface area contributed by atoms with Crippen LogP contribution in [0.5, 0.6) is 0 Å². The predicted molar refractivity (Wildman–Crippen MR) is 65.8 cm³/mol. The van der Waals surface area contributed by atoms with Gasteiger partial charge in [0.15, 0.2) is 0 Å². The number of aryl methyl sites for hydroxylation is 1. The number of carboxylic acid groups (broad SMARTS) is 1. The number of aromatic carboxylic acids is 1. The summed E-state index contributed by atoms with van der Waals surface area (Å²) in [4.78, 5) is 24.2. The number of β-amino-alcohol motifs (C(OH)–C–C–N with tert-alkyl or cyclic N) is 1. The molecule has 1 aliphatic rings. The number of nitrogens with zero attached hydrogens (tertiary/aromatic N) is 1. The van der Waals surface area contributed by atoms with Crippen LogP contribution in [0, 0.1) is 0 Å². The molecule has 1 aliphatic heterocycles. The van der Waals surface area contributed by atoms with Crippen LogP contribution in [0.25, 0.3) is 0 Å². The van der Waals surface area contributed by atoms with Gasteiger partial charge in [-0.25, -0.2) is 4.79 Å². The molecule has 0 spiro atoms. The summed E-state index contributed by atoms with van der Waals surface area (Å²) >= 11 is 0. The summed E-state index contributed by atoms with van der Waals surface area (Å²) in [5, 5.41) is 18.5. The van der Waals surface area contributed by atoms with Crippen LogP contribution in [0.3, 0.4) is 0 Å². The molecule has 96 valence electrons. The molecule has 2 N–H and O–H groups in total. The Morgan fingerprint density at radius 1 is 1.50 bits per heavy atom. The van der Waals surface area contributed by atoms with E-state index in [1.165, 1.54) is 17.0 Å². The Kier molecular flexibility index (Phi) is 3.34. The van der Waals surface area contributed by atoms with Gasteiger partial charge >= 0.3 is 5.97 Å². The van der Waals surface area contributed by atoms with Crippen LogP contribution in [-0.2, 0) is 11.2 Å². The number of anilines is 1. The summed E-state index contributed by atoms with van der Waals surface area (Å²) in [7, 11) is 0. The fraction of sp³-hybridized carbons (Fsp3) is 0.385. The normalized spacial score (nSPS) is 19.3. The van der Waals surface area contributed by atoms with Gasteiger partial charge in [-0.3, -0.25) is 4.79 Å². The fourth-order valence-corrected chi connectivity index (χ4v) is 2.17. The van der Waals surface area contributed by atoms with Crippen LogP contribution < -0.4 is 4.90 Å². The van der Waals surface area contributed by atoms with Crippen molar-refractivity contribution in [2.24, 2.45) is 0 Å². The van der Waals surface area contributed by atoms with Crippen molar-refractivity contribution in [2.45, 2.75) is 25.9 Å². The molecule has 0 saturated carbocycles. The predicted octanol–water partition coefficient (Wildman–Crippen LogP) is 1.04. The molecule has 1 heterocycles. The number of hydrogen-bond acceptors (Lipinski definition) is 3. The molecule has 5 heteroatoms. The van der Waals surface area contributed by atoms with Crippen LogP contribution in [0.1, 0.15) is 29.3 Å². The van der Waals surface area contributed by atoms with Crippen LogP contribution >= 0.6 is 0 Å². The molecule has 1 fully saturated rings. The monoisotopic (exact) mass is 249 g/mol. The summed E-state index contributed by atoms with van der Waals surface area (Å²) in [5.41, 5.74) is 1.65. The summed E-state index contributed by atoms with van der Waals surface area (Å²) in [6.07, 6.45) is 0.130. The number of carboxylic acids is 1. The van der Waals surface area contributed by atoms with E-state index in [9.17, 15) is 14.7 Å². The van der Waals surface area contributed by atoms with Gasteiger partial charge in [-0.1, -0.05) is 13.0 Å². The standard InChI is InChI=1S/C13H15NO4/c1-2-8-3-4-9(13(17)18)5-11(8)14-7-10(15)6-12(14)16/h3-5,10,15H,2,6-7H2,1H3,(H,17,18). The number of hydrogen-bond donors (Lipinski definition) is 2. The molecule has 18 heavy (non-hydrogen) atoms. The van der Waals surface area contributed by atoms with E-state index in [0.717, 1.165) is 5.56 Å². The second-order valence-electron chi connectivity index (χ2n) is 4.36. The van der Waals surface area contributed by atoms with Crippen LogP contribution in [0.2, 0.25) is 0 Å². The first-order chi connectivity index (χ1) is 8.52. The van der Waals surface area contributed by atoms with Crippen molar-refractivity contribution < 1.29 is 19.8 Å². The molecule has 0 aromatic heterocycles. The molecule has 2 rings (SSSR count). The van der Waals surface area contributed by atoms with Crippen molar-refractivity contribution in [3.63, 3.8) is 0 Å². The van der Waals surface area contributed by atoms with E-state index >= 15 is 0 Å². The van der Waals surface area contributed by atoms with Gasteiger partial charge < -0.3 is 15.1 Å². The Balaban J connectivity index is 2.44. The van der Waals surface area contributed by atoms with Gasteiger partial charge in [-0.05, 0) is 24.1 Å². The lowest BCUT2D eigenvalue weighted by molar-refractivity contribution is -0.117. The van der Waals surface area contributed by atoms with E-state index in [2.05, 4.69) is 0 Å². The average molecular weight is 249 g/mol. The van der Waals surface area contributed by atoms with Gasteiger partial charge in [0.1, 0.15) is 0 Å². The van der Waals surface area contributed by atoms with Gasteiger partial charge in [0.05, 0.1) is 24.6 Å². The maximum atomic E-state index is 11.8. The molecule has 1 saturated heterocycles. The number of carbonyl (C=O) groups is 2. The first-order valence-corrected chi connectivity index (χ1v) is 5.87. The largest absolute Gasteiger partial charge is 0.478 e. The fourth-order valence-electron chi connectivity index (χ4n) is 2.17. The van der Waals surface area contributed by atoms with Crippen molar-refractivity contribution in [1.82, 2.24) is 0 Å². The molecule has 1 unspecified atom stereocenters. The molecule has 1 aromatic rings. The van der Waals surface area contributed by atoms with E-state index in [4.69, 9.17) is 5.11 Å². The van der Waals surface area contributed by atoms with Crippen molar-refractivity contribution in [2.75, 3.05) is 11.4 Å². The summed E-state index contributed by atoms with van der Waals surface area (Å²) in [5.74, 6) is -1.19. The molecular weight excluding hydrogens is 234 g/mol. The smallest absolute Gasteiger partial charge is 0.335 e. The molecule has 0 radical (unpaired) electrons. The zero-order valence-electron chi connectivity index (χ0n) is 10.1. The highest BCUT2D eigenvalue weighted by molar-refractivity contribution is 5.98. The number of benzene rings is 1. The maximum absolute atomic E-state index is 11.8. The van der Waals surface area contributed by atoms with Gasteiger partial charge in [0.2, 0.25) is 5.91 Å². The van der Waals surface area contributed by atoms with Crippen LogP contribution in [0.4, 0.5) is 5.69 Å². The molecule has 5 nitrogen and oxygen atoms in total. The Morgan fingerprint density at radius 3 is 2.72 bits per heavy atom. The summed E-state index contributed by atoms with van der Waals surface area (Å²) in [6.45, 7) is 2.17. The van der Waals surface area contributed by atoms with E-state index < -0.39 is 12.1 Å². The van der Waals surface area contributed by atoms with Crippen molar-refractivity contribution in [3.8, 4) is 0 Å². The van der Waals surface area contributed by atoms with E-state index in [-0.39, 0.29) is 24.4 Å². The number of amides is 1. The third-order valence-electron chi connectivity index (χ3n) is 3.11. The van der Waals surface area contributed by atoms with Crippen molar-refractivity contribution >= 4 is 17.6 Å². The zero-order chi connectivity index (χ0) is 13.3. The Bertz CT molecular complexity index is 498. The highest BCUT2D eigenvalue weighted by Crippen LogP contribution is 2.27. The van der Waals surface area contributed by atoms with Crippen LogP contribution in [0.15, 0.2) is 18.2 Å². The topological polar surface area (TPSA) is 77.8 Å². The summed E-state index contributed by atoms with van der Waals surface area (Å²) < 4.78 is 0. The average Bonchev–Trinajstić information content (AvgIpc) is 2.67. The third kappa shape index (κ3) is 2.22. The Morgan fingerprint density at radius 2 is 2.22 bits per heavy atom. The van der Waals surface area contributed by atoms with Gasteiger partial charge in [0.25, 0.3) is 0 Å². The Labute approximate surface area is 105 Å². The Hall–Kier alpha value is -1.88. The van der Waals surface area contributed by atoms with Crippen molar-refractivity contribution in [3.05, 3.63) is 29.3 Å². The van der Waals surface area contributed by atoms with E-state index in [0.29, 0.717) is 12.1 Å². The highest BCUT2D eigenvalue weighted by Gasteiger charge is 2.30. The first-order valence-electron chi connectivity index (χ1n) is 5.87. The molecule has 0 bridgehead atoms. The lowest BCUT2D eigenvalue weighted by Gasteiger charge is -2.20. The van der Waals surface area contributed by atoms with E-state index in [1.54, 1.807) is 6.07 Å². The number of carbonyl (C=O) groups excluding carboxylic acids is 1. The maximum Gasteiger partial charge on any atom is 0.335 e. The third-order valence-corrected chi connectivity index (χ3v) is 3.11. The molecule has 1 atom stereocenters. The minimum absolute atomic E-state index is 0.0977. The summed E-state index contributed by atoms with van der Waals surface area (Å²) in [6, 6.07) is 4.75. The molecule has 1 amide bonds. The molecule has 0 aliphatic carbocycles. The molecule has 1 aromatic carbocycles.